The molecule has 0 aliphatic heterocycles. The highest BCUT2D eigenvalue weighted by molar-refractivity contribution is 5.96. The number of carbonyl (C=O) groups excluding carboxylic acids is 2. The highest BCUT2D eigenvalue weighted by Gasteiger charge is 2.31. The van der Waals surface area contributed by atoms with E-state index in [-0.39, 0.29) is 5.69 Å². The third-order valence-electron chi connectivity index (χ3n) is 2.48. The fourth-order valence-electron chi connectivity index (χ4n) is 1.54. The van der Waals surface area contributed by atoms with Crippen LogP contribution in [0.4, 0.5) is 23.7 Å². The minimum atomic E-state index is -4.78. The number of amides is 2. The summed E-state index contributed by atoms with van der Waals surface area (Å²) in [6.07, 6.45) is -5.53. The van der Waals surface area contributed by atoms with Crippen LogP contribution < -0.4 is 15.4 Å². The summed E-state index contributed by atoms with van der Waals surface area (Å²) in [5.41, 5.74) is -0.443. The molecule has 0 radical (unpaired) electrons. The quantitative estimate of drug-likeness (QED) is 0.874. The van der Waals surface area contributed by atoms with E-state index in [2.05, 4.69) is 15.4 Å². The van der Waals surface area contributed by atoms with Crippen LogP contribution in [0.25, 0.3) is 0 Å². The van der Waals surface area contributed by atoms with Crippen LogP contribution in [0.3, 0.4) is 0 Å². The molecule has 9 heteroatoms. The van der Waals surface area contributed by atoms with Crippen molar-refractivity contribution in [3.05, 3.63) is 24.3 Å². The normalized spacial score (nSPS) is 13.0. The van der Waals surface area contributed by atoms with Gasteiger partial charge in [0.15, 0.2) is 0 Å². The number of hydrogen-bond donors (Lipinski definition) is 2. The van der Waals surface area contributed by atoms with E-state index in [4.69, 9.17) is 4.74 Å². The lowest BCUT2D eigenvalue weighted by atomic mass is 10.2. The number of carbonyl (C=O) groups is 2. The summed E-state index contributed by atoms with van der Waals surface area (Å²) in [5.74, 6) is -0.953. The highest BCUT2D eigenvalue weighted by Crippen LogP contribution is 2.23. The second-order valence-corrected chi connectivity index (χ2v) is 5.93. The summed E-state index contributed by atoms with van der Waals surface area (Å²) < 4.78 is 44.9. The van der Waals surface area contributed by atoms with Gasteiger partial charge < -0.3 is 20.1 Å². The van der Waals surface area contributed by atoms with E-state index in [1.807, 2.05) is 0 Å². The monoisotopic (exact) mass is 348 g/mol. The average molecular weight is 348 g/mol. The van der Waals surface area contributed by atoms with Crippen LogP contribution in [0, 0.1) is 0 Å². The Morgan fingerprint density at radius 3 is 2.08 bits per heavy atom. The molecular weight excluding hydrogens is 329 g/mol. The van der Waals surface area contributed by atoms with Crippen LogP contribution in [0.2, 0.25) is 0 Å². The minimum absolute atomic E-state index is 0.257. The summed E-state index contributed by atoms with van der Waals surface area (Å²) in [4.78, 5) is 23.5. The fourth-order valence-corrected chi connectivity index (χ4v) is 1.54. The van der Waals surface area contributed by atoms with Crippen molar-refractivity contribution in [2.24, 2.45) is 0 Å². The van der Waals surface area contributed by atoms with Crippen LogP contribution >= 0.6 is 0 Å². The van der Waals surface area contributed by atoms with Gasteiger partial charge in [-0.15, -0.1) is 13.2 Å². The van der Waals surface area contributed by atoms with Crippen LogP contribution in [-0.2, 0) is 9.53 Å². The first-order valence-electron chi connectivity index (χ1n) is 7.02. The zero-order valence-electron chi connectivity index (χ0n) is 13.7. The number of benzene rings is 1. The molecule has 6 nitrogen and oxygen atoms in total. The Hall–Kier alpha value is -2.45. The molecule has 0 aliphatic rings. The molecule has 1 aromatic carbocycles. The Labute approximate surface area is 137 Å². The van der Waals surface area contributed by atoms with Crippen LogP contribution in [0.15, 0.2) is 24.3 Å². The van der Waals surface area contributed by atoms with E-state index in [1.165, 1.54) is 19.1 Å². The van der Waals surface area contributed by atoms with E-state index in [1.54, 1.807) is 20.8 Å². The fraction of sp³-hybridized carbons (Fsp3) is 0.467. The lowest BCUT2D eigenvalue weighted by molar-refractivity contribution is -0.274. The second-order valence-electron chi connectivity index (χ2n) is 5.93. The predicted molar refractivity (Wildman–Crippen MR) is 80.6 cm³/mol. The van der Waals surface area contributed by atoms with Crippen molar-refractivity contribution in [2.75, 3.05) is 5.32 Å². The van der Waals surface area contributed by atoms with E-state index in [0.717, 1.165) is 12.1 Å². The molecule has 0 spiro atoms. The molecule has 0 aromatic heterocycles. The number of halogens is 3. The Kier molecular flexibility index (Phi) is 6.05. The smallest absolute Gasteiger partial charge is 0.444 e. The number of alkyl halides is 3. The molecule has 1 rings (SSSR count). The minimum Gasteiger partial charge on any atom is -0.444 e. The molecule has 2 N–H and O–H groups in total. The first-order valence-corrected chi connectivity index (χ1v) is 7.02. The molecule has 0 unspecified atom stereocenters. The number of alkyl carbamates (subject to hydrolysis) is 1. The van der Waals surface area contributed by atoms with Crippen molar-refractivity contribution in [3.63, 3.8) is 0 Å². The summed E-state index contributed by atoms with van der Waals surface area (Å²) in [6.45, 7) is 6.49. The molecule has 134 valence electrons. The third kappa shape index (κ3) is 7.70. The Morgan fingerprint density at radius 1 is 1.08 bits per heavy atom. The van der Waals surface area contributed by atoms with Crippen LogP contribution in [0.5, 0.6) is 5.75 Å². The Balaban J connectivity index is 2.56. The van der Waals surface area contributed by atoms with Crippen LogP contribution in [-0.4, -0.2) is 30.0 Å². The molecule has 0 fully saturated rings. The van der Waals surface area contributed by atoms with Gasteiger partial charge >= 0.3 is 12.5 Å². The van der Waals surface area contributed by atoms with Gasteiger partial charge in [-0.05, 0) is 52.0 Å². The van der Waals surface area contributed by atoms with Gasteiger partial charge in [0.1, 0.15) is 17.4 Å². The topological polar surface area (TPSA) is 76.7 Å². The molecule has 0 heterocycles. The van der Waals surface area contributed by atoms with Gasteiger partial charge in [-0.25, -0.2) is 4.79 Å². The van der Waals surface area contributed by atoms with Crippen molar-refractivity contribution >= 4 is 17.7 Å². The van der Waals surface area contributed by atoms with Crippen LogP contribution in [0.1, 0.15) is 27.7 Å². The van der Waals surface area contributed by atoms with Gasteiger partial charge in [-0.2, -0.15) is 0 Å². The van der Waals surface area contributed by atoms with E-state index in [9.17, 15) is 22.8 Å². The number of anilines is 1. The molecule has 0 bridgehead atoms. The van der Waals surface area contributed by atoms with Crippen molar-refractivity contribution in [3.8, 4) is 5.75 Å². The maximum absolute atomic E-state index is 12.1. The zero-order chi connectivity index (χ0) is 18.5. The second kappa shape index (κ2) is 7.41. The van der Waals surface area contributed by atoms with E-state index in [0.29, 0.717) is 0 Å². The molecular formula is C15H19F3N2O4. The molecule has 1 aromatic rings. The number of rotatable bonds is 4. The first kappa shape index (κ1) is 19.6. The Morgan fingerprint density at radius 2 is 1.62 bits per heavy atom. The van der Waals surface area contributed by atoms with Gasteiger partial charge in [-0.3, -0.25) is 4.79 Å². The average Bonchev–Trinajstić information content (AvgIpc) is 2.36. The van der Waals surface area contributed by atoms with Crippen molar-refractivity contribution in [1.82, 2.24) is 5.32 Å². The summed E-state index contributed by atoms with van der Waals surface area (Å²) in [6, 6.07) is 3.73. The third-order valence-corrected chi connectivity index (χ3v) is 2.48. The zero-order valence-corrected chi connectivity index (χ0v) is 13.7. The maximum atomic E-state index is 12.1. The predicted octanol–water partition coefficient (Wildman–Crippen LogP) is 3.44. The maximum Gasteiger partial charge on any atom is 0.573 e. The number of hydrogen-bond acceptors (Lipinski definition) is 4. The summed E-state index contributed by atoms with van der Waals surface area (Å²) in [5, 5.41) is 4.81. The molecule has 0 aliphatic carbocycles. The van der Waals surface area contributed by atoms with Crippen molar-refractivity contribution in [2.45, 2.75) is 45.7 Å². The summed E-state index contributed by atoms with van der Waals surface area (Å²) >= 11 is 0. The van der Waals surface area contributed by atoms with Gasteiger partial charge in [-0.1, -0.05) is 0 Å². The SMILES string of the molecule is C[C@@H](NC(=O)OC(C)(C)C)C(=O)Nc1ccc(OC(F)(F)F)cc1. The first-order chi connectivity index (χ1) is 10.9. The standard InChI is InChI=1S/C15H19F3N2O4/c1-9(19-13(22)24-14(2,3)4)12(21)20-10-5-7-11(8-6-10)23-15(16,17)18/h5-9H,1-4H3,(H,19,22)(H,20,21)/t9-/m1/s1. The van der Waals surface area contributed by atoms with E-state index >= 15 is 0 Å². The molecule has 1 atom stereocenters. The molecule has 2 amide bonds. The van der Waals surface area contributed by atoms with Crippen molar-refractivity contribution < 1.29 is 32.2 Å². The number of ether oxygens (including phenoxy) is 2. The molecule has 0 saturated heterocycles. The van der Waals surface area contributed by atoms with Gasteiger partial charge in [0.05, 0.1) is 0 Å². The van der Waals surface area contributed by atoms with Gasteiger partial charge in [0.25, 0.3) is 0 Å². The highest BCUT2D eigenvalue weighted by atomic mass is 19.4. The lowest BCUT2D eigenvalue weighted by Crippen LogP contribution is -2.43. The van der Waals surface area contributed by atoms with Gasteiger partial charge in [0, 0.05) is 5.69 Å². The molecule has 24 heavy (non-hydrogen) atoms. The summed E-state index contributed by atoms with van der Waals surface area (Å²) in [7, 11) is 0. The van der Waals surface area contributed by atoms with E-state index < -0.39 is 35.8 Å². The largest absolute Gasteiger partial charge is 0.573 e. The van der Waals surface area contributed by atoms with Crippen molar-refractivity contribution in [1.29, 1.82) is 0 Å². The van der Waals surface area contributed by atoms with Gasteiger partial charge in [0.2, 0.25) is 5.91 Å². The lowest BCUT2D eigenvalue weighted by Gasteiger charge is -2.21. The Bertz CT molecular complexity index is 580. The molecule has 0 saturated carbocycles. The number of nitrogens with one attached hydrogen (secondary N) is 2.